The van der Waals surface area contributed by atoms with Crippen LogP contribution < -0.4 is 0 Å². The lowest BCUT2D eigenvalue weighted by molar-refractivity contribution is 0.0836. The van der Waals surface area contributed by atoms with Crippen LogP contribution in [0.15, 0.2) is 0 Å². The fraction of sp³-hybridized carbons (Fsp3) is 1.00. The van der Waals surface area contributed by atoms with Gasteiger partial charge in [-0.15, -0.1) is 0 Å². The first-order valence-electron chi connectivity index (χ1n) is 4.92. The van der Waals surface area contributed by atoms with Crippen molar-refractivity contribution >= 4 is 10.1 Å². The Morgan fingerprint density at radius 3 is 2.36 bits per heavy atom. The van der Waals surface area contributed by atoms with Gasteiger partial charge in [-0.2, -0.15) is 8.42 Å². The Kier molecular flexibility index (Phi) is 7.13. The molecule has 0 atom stereocenters. The summed E-state index contributed by atoms with van der Waals surface area (Å²) in [5, 5.41) is 0. The second-order valence-electron chi connectivity index (χ2n) is 3.55. The van der Waals surface area contributed by atoms with Crippen LogP contribution in [0.2, 0.25) is 0 Å². The molecule has 0 saturated heterocycles. The molecule has 0 aliphatic heterocycles. The van der Waals surface area contributed by atoms with Crippen LogP contribution in [0.5, 0.6) is 0 Å². The molecule has 0 heterocycles. The summed E-state index contributed by atoms with van der Waals surface area (Å²) in [4.78, 5) is 0. The van der Waals surface area contributed by atoms with E-state index >= 15 is 0 Å². The van der Waals surface area contributed by atoms with E-state index in [0.717, 1.165) is 0 Å². The topological polar surface area (TPSA) is 52.6 Å². The van der Waals surface area contributed by atoms with Crippen molar-refractivity contribution in [3.05, 3.63) is 0 Å². The maximum atomic E-state index is 11.0. The molecule has 0 aromatic heterocycles. The SMILES string of the molecule is CCCS(=O)(=O)OCCOCC(C)C. The third kappa shape index (κ3) is 8.47. The fourth-order valence-electron chi connectivity index (χ4n) is 0.848. The first kappa shape index (κ1) is 13.9. The Balaban J connectivity index is 3.45. The summed E-state index contributed by atoms with van der Waals surface area (Å²) in [6.07, 6.45) is 0.579. The first-order valence-corrected chi connectivity index (χ1v) is 6.50. The van der Waals surface area contributed by atoms with Crippen molar-refractivity contribution in [2.75, 3.05) is 25.6 Å². The van der Waals surface area contributed by atoms with Gasteiger partial charge in [0.05, 0.1) is 19.0 Å². The van der Waals surface area contributed by atoms with Crippen molar-refractivity contribution in [2.24, 2.45) is 5.92 Å². The van der Waals surface area contributed by atoms with Crippen molar-refractivity contribution in [1.82, 2.24) is 0 Å². The molecular formula is C9H20O4S. The van der Waals surface area contributed by atoms with Crippen LogP contribution in [0, 0.1) is 5.92 Å². The smallest absolute Gasteiger partial charge is 0.267 e. The highest BCUT2D eigenvalue weighted by Gasteiger charge is 2.08. The maximum absolute atomic E-state index is 11.0. The fourth-order valence-corrected chi connectivity index (χ4v) is 1.79. The molecule has 0 N–H and O–H groups in total. The summed E-state index contributed by atoms with van der Waals surface area (Å²) in [6, 6.07) is 0. The molecule has 5 heteroatoms. The predicted molar refractivity (Wildman–Crippen MR) is 55.7 cm³/mol. The van der Waals surface area contributed by atoms with Crippen molar-refractivity contribution < 1.29 is 17.3 Å². The molecule has 0 aromatic carbocycles. The summed E-state index contributed by atoms with van der Waals surface area (Å²) in [6.45, 7) is 6.97. The Morgan fingerprint density at radius 1 is 1.21 bits per heavy atom. The van der Waals surface area contributed by atoms with Crippen LogP contribution in [0.4, 0.5) is 0 Å². The largest absolute Gasteiger partial charge is 0.379 e. The van der Waals surface area contributed by atoms with E-state index in [9.17, 15) is 8.42 Å². The summed E-state index contributed by atoms with van der Waals surface area (Å²) in [7, 11) is -3.31. The molecule has 0 aliphatic rings. The summed E-state index contributed by atoms with van der Waals surface area (Å²) in [5.74, 6) is 0.541. The predicted octanol–water partition coefficient (Wildman–Crippen LogP) is 1.42. The zero-order valence-corrected chi connectivity index (χ0v) is 9.97. The number of hydrogen-bond acceptors (Lipinski definition) is 4. The summed E-state index contributed by atoms with van der Waals surface area (Å²) < 4.78 is 32.0. The van der Waals surface area contributed by atoms with Crippen molar-refractivity contribution in [3.8, 4) is 0 Å². The van der Waals surface area contributed by atoms with E-state index in [-0.39, 0.29) is 12.4 Å². The van der Waals surface area contributed by atoms with Crippen molar-refractivity contribution in [2.45, 2.75) is 27.2 Å². The Hall–Kier alpha value is -0.130. The molecule has 0 radical (unpaired) electrons. The Morgan fingerprint density at radius 2 is 1.86 bits per heavy atom. The third-order valence-electron chi connectivity index (χ3n) is 1.40. The van der Waals surface area contributed by atoms with Crippen LogP contribution >= 0.6 is 0 Å². The molecule has 0 unspecified atom stereocenters. The van der Waals surface area contributed by atoms with Crippen LogP contribution in [-0.2, 0) is 19.0 Å². The average molecular weight is 224 g/mol. The highest BCUT2D eigenvalue weighted by Crippen LogP contribution is 1.97. The number of ether oxygens (including phenoxy) is 1. The lowest BCUT2D eigenvalue weighted by Gasteiger charge is -2.07. The van der Waals surface area contributed by atoms with Crippen LogP contribution in [-0.4, -0.2) is 34.0 Å². The van der Waals surface area contributed by atoms with Gasteiger partial charge in [-0.25, -0.2) is 0 Å². The van der Waals surface area contributed by atoms with Gasteiger partial charge < -0.3 is 4.74 Å². The molecule has 0 aliphatic carbocycles. The van der Waals surface area contributed by atoms with Gasteiger partial charge >= 0.3 is 0 Å². The van der Waals surface area contributed by atoms with E-state index in [1.165, 1.54) is 0 Å². The van der Waals surface area contributed by atoms with Gasteiger partial charge in [0.25, 0.3) is 10.1 Å². The highest BCUT2D eigenvalue weighted by molar-refractivity contribution is 7.86. The average Bonchev–Trinajstić information content (AvgIpc) is 2.02. The molecule has 4 nitrogen and oxygen atoms in total. The normalized spacial score (nSPS) is 12.3. The molecule has 0 spiro atoms. The molecule has 86 valence electrons. The Labute approximate surface area is 86.7 Å². The number of rotatable bonds is 8. The zero-order valence-electron chi connectivity index (χ0n) is 9.15. The molecule has 0 saturated carbocycles. The van der Waals surface area contributed by atoms with Crippen LogP contribution in [0.3, 0.4) is 0 Å². The van der Waals surface area contributed by atoms with Gasteiger partial charge in [0.1, 0.15) is 0 Å². The molecular weight excluding hydrogens is 204 g/mol. The van der Waals surface area contributed by atoms with E-state index in [1.807, 2.05) is 13.8 Å². The second kappa shape index (κ2) is 7.20. The van der Waals surface area contributed by atoms with Crippen molar-refractivity contribution in [3.63, 3.8) is 0 Å². The van der Waals surface area contributed by atoms with E-state index in [0.29, 0.717) is 25.6 Å². The van der Waals surface area contributed by atoms with Gasteiger partial charge in [-0.3, -0.25) is 4.18 Å². The van der Waals surface area contributed by atoms with Crippen LogP contribution in [0.25, 0.3) is 0 Å². The molecule has 14 heavy (non-hydrogen) atoms. The van der Waals surface area contributed by atoms with Gasteiger partial charge in [-0.05, 0) is 12.3 Å². The van der Waals surface area contributed by atoms with Crippen molar-refractivity contribution in [1.29, 1.82) is 0 Å². The van der Waals surface area contributed by atoms with Gasteiger partial charge in [0, 0.05) is 6.61 Å². The molecule has 0 aromatic rings. The molecule has 0 rings (SSSR count). The minimum atomic E-state index is -3.31. The van der Waals surface area contributed by atoms with E-state index in [4.69, 9.17) is 8.92 Å². The minimum absolute atomic E-state index is 0.0805. The summed E-state index contributed by atoms with van der Waals surface area (Å²) in [5.41, 5.74) is 0. The molecule has 0 fully saturated rings. The lowest BCUT2D eigenvalue weighted by atomic mass is 10.2. The first-order chi connectivity index (χ1) is 6.48. The lowest BCUT2D eigenvalue weighted by Crippen LogP contribution is -2.15. The maximum Gasteiger partial charge on any atom is 0.267 e. The minimum Gasteiger partial charge on any atom is -0.379 e. The quantitative estimate of drug-likeness (QED) is 0.462. The van der Waals surface area contributed by atoms with E-state index < -0.39 is 10.1 Å². The zero-order chi connectivity index (χ0) is 11.0. The highest BCUT2D eigenvalue weighted by atomic mass is 32.2. The second-order valence-corrected chi connectivity index (χ2v) is 5.31. The van der Waals surface area contributed by atoms with Gasteiger partial charge in [0.2, 0.25) is 0 Å². The molecule has 0 amide bonds. The molecule has 0 bridgehead atoms. The third-order valence-corrected chi connectivity index (χ3v) is 2.83. The van der Waals surface area contributed by atoms with Gasteiger partial charge in [0.15, 0.2) is 0 Å². The van der Waals surface area contributed by atoms with Crippen LogP contribution in [0.1, 0.15) is 27.2 Å². The monoisotopic (exact) mass is 224 g/mol. The Bertz CT molecular complexity index is 221. The van der Waals surface area contributed by atoms with E-state index in [1.54, 1.807) is 6.92 Å². The standard InChI is InChI=1S/C9H20O4S/c1-4-7-14(10,11)13-6-5-12-8-9(2)3/h9H,4-8H2,1-3H3. The van der Waals surface area contributed by atoms with Gasteiger partial charge in [-0.1, -0.05) is 20.8 Å². The number of hydrogen-bond donors (Lipinski definition) is 0. The van der Waals surface area contributed by atoms with E-state index in [2.05, 4.69) is 0 Å². The summed E-state index contributed by atoms with van der Waals surface area (Å²) >= 11 is 0.